The first-order chi connectivity index (χ1) is 3.00. The van der Waals surface area contributed by atoms with Crippen LogP contribution in [-0.4, -0.2) is 10.5 Å². The van der Waals surface area contributed by atoms with Crippen LogP contribution in [0, 0.1) is 0 Å². The SMILES string of the molecule is OO.[CH3][Re](=[O])(=[O])=[O]. The van der Waals surface area contributed by atoms with Crippen LogP contribution in [0.2, 0.25) is 5.40 Å². The van der Waals surface area contributed by atoms with Gasteiger partial charge in [0.1, 0.15) is 0 Å². The Hall–Kier alpha value is -0.0177. The van der Waals surface area contributed by atoms with Crippen molar-refractivity contribution in [2.24, 2.45) is 0 Å². The molecular weight excluding hydrogens is 278 g/mol. The minimum atomic E-state index is -4.86. The molecule has 0 spiro atoms. The van der Waals surface area contributed by atoms with E-state index in [1.807, 2.05) is 0 Å². The molecule has 0 aliphatic carbocycles. The quantitative estimate of drug-likeness (QED) is 0.491. The van der Waals surface area contributed by atoms with Crippen molar-refractivity contribution in [2.75, 3.05) is 0 Å². The third-order valence-electron chi connectivity index (χ3n) is 0. The molecule has 2 N–H and O–H groups in total. The monoisotopic (exact) mass is 284 g/mol. The molecule has 0 aromatic heterocycles. The van der Waals surface area contributed by atoms with E-state index in [1.165, 1.54) is 0 Å². The van der Waals surface area contributed by atoms with Crippen molar-refractivity contribution in [3.63, 3.8) is 0 Å². The van der Waals surface area contributed by atoms with Gasteiger partial charge in [-0.3, -0.25) is 10.5 Å². The van der Waals surface area contributed by atoms with Gasteiger partial charge in [0, 0.05) is 0 Å². The Bertz CT molecular complexity index is 129. The summed E-state index contributed by atoms with van der Waals surface area (Å²) in [5, 5.41) is 12.7. The van der Waals surface area contributed by atoms with Crippen LogP contribution in [0.4, 0.5) is 0 Å². The molecule has 0 atom stereocenters. The summed E-state index contributed by atoms with van der Waals surface area (Å²) in [7, 11) is 0. The number of hydrogen-bond acceptors (Lipinski definition) is 5. The van der Waals surface area contributed by atoms with E-state index in [0.717, 1.165) is 5.40 Å². The molecule has 0 heterocycles. The molecule has 0 aromatic rings. The van der Waals surface area contributed by atoms with Gasteiger partial charge >= 0.3 is 31.2 Å². The van der Waals surface area contributed by atoms with Crippen molar-refractivity contribution < 1.29 is 36.3 Å². The molecular formula is CH5O5Re. The molecule has 0 amide bonds. The average molecular weight is 283 g/mol. The Morgan fingerprint density at radius 2 is 1.14 bits per heavy atom. The van der Waals surface area contributed by atoms with E-state index in [-0.39, 0.29) is 0 Å². The van der Waals surface area contributed by atoms with Crippen molar-refractivity contribution in [2.45, 2.75) is 5.40 Å². The molecule has 0 aliphatic rings. The molecule has 6 heteroatoms. The zero-order valence-electron chi connectivity index (χ0n) is 3.50. The Morgan fingerprint density at radius 1 is 1.14 bits per heavy atom. The molecule has 0 aliphatic heterocycles. The van der Waals surface area contributed by atoms with Crippen molar-refractivity contribution in [1.82, 2.24) is 0 Å². The Balaban J connectivity index is 0. The topological polar surface area (TPSA) is 91.7 Å². The third-order valence-corrected chi connectivity index (χ3v) is 0. The van der Waals surface area contributed by atoms with Gasteiger partial charge in [-0.2, -0.15) is 0 Å². The maximum absolute atomic E-state index is 9.19. The van der Waals surface area contributed by atoms with E-state index in [4.69, 9.17) is 10.5 Å². The van der Waals surface area contributed by atoms with Gasteiger partial charge < -0.3 is 0 Å². The standard InChI is InChI=1S/CH3.H2O2.3O.Re/c;1-2;;;;/h1H3;1-2H;;;;. The third kappa shape index (κ3) is 304000. The summed E-state index contributed by atoms with van der Waals surface area (Å²) < 4.78 is 27.6. The molecule has 46 valence electrons. The second-order valence-electron chi connectivity index (χ2n) is 0.652. The summed E-state index contributed by atoms with van der Waals surface area (Å²) in [4.78, 5) is 0. The molecule has 7 heavy (non-hydrogen) atoms. The fraction of sp³-hybridized carbons (Fsp3) is 1.00. The molecule has 0 fully saturated rings. The molecule has 0 unspecified atom stereocenters. The Kier molecular flexibility index (Phi) is 5.97. The first kappa shape index (κ1) is 10.1. The van der Waals surface area contributed by atoms with Gasteiger partial charge in [0.2, 0.25) is 0 Å². The van der Waals surface area contributed by atoms with Crippen LogP contribution in [-0.2, 0) is 25.8 Å². The van der Waals surface area contributed by atoms with Crippen LogP contribution >= 0.6 is 0 Å². The summed E-state index contributed by atoms with van der Waals surface area (Å²) in [6, 6.07) is 0. The average Bonchev–Trinajstić information content (AvgIpc) is 1.36. The fourth-order valence-corrected chi connectivity index (χ4v) is 0. The van der Waals surface area contributed by atoms with Crippen LogP contribution in [0.3, 0.4) is 0 Å². The fourth-order valence-electron chi connectivity index (χ4n) is 0. The van der Waals surface area contributed by atoms with Gasteiger partial charge in [-0.1, -0.05) is 0 Å². The second-order valence-corrected chi connectivity index (χ2v) is 5.34. The molecule has 0 saturated carbocycles. The van der Waals surface area contributed by atoms with E-state index in [9.17, 15) is 10.4 Å². The zero-order valence-corrected chi connectivity index (χ0v) is 6.21. The van der Waals surface area contributed by atoms with Gasteiger partial charge in [-0.15, -0.1) is 0 Å². The summed E-state index contributed by atoms with van der Waals surface area (Å²) in [5.74, 6) is 0. The van der Waals surface area contributed by atoms with Gasteiger partial charge in [-0.25, -0.2) is 0 Å². The van der Waals surface area contributed by atoms with Gasteiger partial charge in [0.15, 0.2) is 0 Å². The Labute approximate surface area is 42.4 Å². The normalized spacial score (nSPS) is 9.00. The van der Waals surface area contributed by atoms with Crippen molar-refractivity contribution >= 4 is 0 Å². The van der Waals surface area contributed by atoms with E-state index in [1.54, 1.807) is 0 Å². The Morgan fingerprint density at radius 3 is 1.14 bits per heavy atom. The summed E-state index contributed by atoms with van der Waals surface area (Å²) in [5.41, 5.74) is 0. The minimum absolute atomic E-state index is 0.722. The zero-order chi connectivity index (χ0) is 6.50. The van der Waals surface area contributed by atoms with E-state index >= 15 is 0 Å². The van der Waals surface area contributed by atoms with Crippen LogP contribution in [0.1, 0.15) is 0 Å². The van der Waals surface area contributed by atoms with Crippen molar-refractivity contribution in [1.29, 1.82) is 0 Å². The first-order valence-corrected chi connectivity index (χ1v) is 7.08. The van der Waals surface area contributed by atoms with E-state index < -0.39 is 15.4 Å². The summed E-state index contributed by atoms with van der Waals surface area (Å²) >= 11 is -4.86. The van der Waals surface area contributed by atoms with E-state index in [0.29, 0.717) is 0 Å². The second kappa shape index (κ2) is 4.15. The van der Waals surface area contributed by atoms with Crippen molar-refractivity contribution in [3.8, 4) is 0 Å². The van der Waals surface area contributed by atoms with Crippen LogP contribution in [0.15, 0.2) is 0 Å². The van der Waals surface area contributed by atoms with Gasteiger partial charge in [0.05, 0.1) is 0 Å². The number of rotatable bonds is 0. The molecule has 0 bridgehead atoms. The summed E-state index contributed by atoms with van der Waals surface area (Å²) in [6.45, 7) is 0. The van der Waals surface area contributed by atoms with Gasteiger partial charge in [-0.05, 0) is 0 Å². The van der Waals surface area contributed by atoms with Crippen molar-refractivity contribution in [3.05, 3.63) is 0 Å². The van der Waals surface area contributed by atoms with E-state index in [2.05, 4.69) is 0 Å². The predicted octanol–water partition coefficient (Wildman–Crippen LogP) is 0.242. The van der Waals surface area contributed by atoms with Gasteiger partial charge in [0.25, 0.3) is 0 Å². The maximum atomic E-state index is 9.19. The number of hydrogen-bond donors (Lipinski definition) is 2. The molecule has 0 aromatic carbocycles. The van der Waals surface area contributed by atoms with Crippen LogP contribution < -0.4 is 0 Å². The summed E-state index contributed by atoms with van der Waals surface area (Å²) in [6.07, 6.45) is 0. The first-order valence-electron chi connectivity index (χ1n) is 1.04. The molecule has 0 rings (SSSR count). The predicted molar refractivity (Wildman–Crippen MR) is 13.2 cm³/mol. The van der Waals surface area contributed by atoms with Crippen LogP contribution in [0.25, 0.3) is 0 Å². The molecule has 5 nitrogen and oxygen atoms in total. The molecule has 0 radical (unpaired) electrons. The van der Waals surface area contributed by atoms with Crippen LogP contribution in [0.5, 0.6) is 0 Å². The molecule has 0 saturated heterocycles.